The Hall–Kier alpha value is -0.580. The van der Waals surface area contributed by atoms with Crippen LogP contribution in [0.15, 0.2) is 16.7 Å². The van der Waals surface area contributed by atoms with E-state index in [-0.39, 0.29) is 6.23 Å². The Bertz CT molecular complexity index is 590. The van der Waals surface area contributed by atoms with Gasteiger partial charge in [-0.25, -0.2) is 4.68 Å². The van der Waals surface area contributed by atoms with Gasteiger partial charge in [-0.2, -0.15) is 5.10 Å². The second kappa shape index (κ2) is 4.83. The van der Waals surface area contributed by atoms with Crippen LogP contribution in [0.1, 0.15) is 31.1 Å². The highest BCUT2D eigenvalue weighted by Gasteiger charge is 2.20. The summed E-state index contributed by atoms with van der Waals surface area (Å²) in [5.41, 5.74) is 2.08. The Morgan fingerprint density at radius 1 is 1.50 bits per heavy atom. The molecule has 2 heterocycles. The standard InChI is InChI=1S/C13H14BrClN2O/c1-8-10(15)6-11-9(13(8)14)7-16-17(11)12-4-2-3-5-18-12/h6-7,12H,2-5H2,1H3/t12-/m0/s1. The number of fused-ring (bicyclic) bond motifs is 1. The van der Waals surface area contributed by atoms with Crippen LogP contribution >= 0.6 is 27.5 Å². The van der Waals surface area contributed by atoms with Crippen LogP contribution < -0.4 is 0 Å². The molecule has 96 valence electrons. The molecule has 1 fully saturated rings. The van der Waals surface area contributed by atoms with Crippen molar-refractivity contribution in [2.75, 3.05) is 6.61 Å². The van der Waals surface area contributed by atoms with Gasteiger partial charge in [0.25, 0.3) is 0 Å². The lowest BCUT2D eigenvalue weighted by Crippen LogP contribution is -2.18. The first-order chi connectivity index (χ1) is 8.68. The van der Waals surface area contributed by atoms with Gasteiger partial charge in [0, 0.05) is 21.5 Å². The molecule has 0 radical (unpaired) electrons. The van der Waals surface area contributed by atoms with Gasteiger partial charge < -0.3 is 4.74 Å². The van der Waals surface area contributed by atoms with E-state index in [1.165, 1.54) is 6.42 Å². The number of rotatable bonds is 1. The van der Waals surface area contributed by atoms with E-state index in [1.54, 1.807) is 0 Å². The van der Waals surface area contributed by atoms with E-state index >= 15 is 0 Å². The lowest BCUT2D eigenvalue weighted by Gasteiger charge is -2.23. The fraction of sp³-hybridized carbons (Fsp3) is 0.462. The van der Waals surface area contributed by atoms with Gasteiger partial charge in [-0.1, -0.05) is 11.6 Å². The summed E-state index contributed by atoms with van der Waals surface area (Å²) in [6, 6.07) is 1.97. The summed E-state index contributed by atoms with van der Waals surface area (Å²) >= 11 is 9.84. The molecule has 0 N–H and O–H groups in total. The Balaban J connectivity index is 2.13. The summed E-state index contributed by atoms with van der Waals surface area (Å²) < 4.78 is 8.75. The molecule has 3 rings (SSSR count). The zero-order valence-corrected chi connectivity index (χ0v) is 12.5. The van der Waals surface area contributed by atoms with E-state index in [4.69, 9.17) is 16.3 Å². The van der Waals surface area contributed by atoms with Gasteiger partial charge in [0.2, 0.25) is 0 Å². The van der Waals surface area contributed by atoms with E-state index in [9.17, 15) is 0 Å². The molecular formula is C13H14BrClN2O. The molecule has 0 bridgehead atoms. The maximum absolute atomic E-state index is 6.25. The van der Waals surface area contributed by atoms with Gasteiger partial charge in [0.05, 0.1) is 11.7 Å². The maximum Gasteiger partial charge on any atom is 0.150 e. The first-order valence-corrected chi connectivity index (χ1v) is 7.29. The number of aromatic nitrogens is 2. The average Bonchev–Trinajstić information content (AvgIpc) is 2.81. The highest BCUT2D eigenvalue weighted by molar-refractivity contribution is 9.10. The minimum absolute atomic E-state index is 0.0434. The highest BCUT2D eigenvalue weighted by Crippen LogP contribution is 2.35. The molecule has 18 heavy (non-hydrogen) atoms. The van der Waals surface area contributed by atoms with Crippen LogP contribution in [0.3, 0.4) is 0 Å². The van der Waals surface area contributed by atoms with Crippen molar-refractivity contribution in [3.63, 3.8) is 0 Å². The predicted octanol–water partition coefficient (Wildman–Crippen LogP) is 4.46. The molecule has 1 aliphatic heterocycles. The third-order valence-corrected chi connectivity index (χ3v) is 4.86. The van der Waals surface area contributed by atoms with E-state index in [2.05, 4.69) is 21.0 Å². The topological polar surface area (TPSA) is 27.1 Å². The Morgan fingerprint density at radius 3 is 3.06 bits per heavy atom. The Labute approximate surface area is 119 Å². The van der Waals surface area contributed by atoms with Crippen LogP contribution in [0.5, 0.6) is 0 Å². The fourth-order valence-corrected chi connectivity index (χ4v) is 3.20. The molecule has 5 heteroatoms. The van der Waals surface area contributed by atoms with Gasteiger partial charge in [-0.3, -0.25) is 0 Å². The largest absolute Gasteiger partial charge is 0.356 e. The molecule has 0 unspecified atom stereocenters. The van der Waals surface area contributed by atoms with Crippen LogP contribution in [0.2, 0.25) is 5.02 Å². The molecule has 1 saturated heterocycles. The Morgan fingerprint density at radius 2 is 2.33 bits per heavy atom. The Kier molecular flexibility index (Phi) is 3.34. The molecule has 1 aromatic heterocycles. The molecule has 0 saturated carbocycles. The first kappa shape index (κ1) is 12.5. The quantitative estimate of drug-likeness (QED) is 0.772. The number of ether oxygens (including phenoxy) is 1. The maximum atomic E-state index is 6.25. The summed E-state index contributed by atoms with van der Waals surface area (Å²) in [5.74, 6) is 0. The number of hydrogen-bond donors (Lipinski definition) is 0. The summed E-state index contributed by atoms with van der Waals surface area (Å²) in [6.07, 6.45) is 5.26. The number of halogens is 2. The molecular weight excluding hydrogens is 316 g/mol. The SMILES string of the molecule is Cc1c(Cl)cc2c(cnn2[C@@H]2CCCCO2)c1Br. The zero-order valence-electron chi connectivity index (χ0n) is 10.1. The first-order valence-electron chi connectivity index (χ1n) is 6.12. The summed E-state index contributed by atoms with van der Waals surface area (Å²) in [6.45, 7) is 2.81. The second-order valence-corrected chi connectivity index (χ2v) is 5.84. The van der Waals surface area contributed by atoms with Crippen molar-refractivity contribution >= 4 is 38.4 Å². The van der Waals surface area contributed by atoms with Crippen molar-refractivity contribution in [3.05, 3.63) is 27.3 Å². The molecule has 0 aliphatic carbocycles. The van der Waals surface area contributed by atoms with Gasteiger partial charge in [-0.15, -0.1) is 0 Å². The van der Waals surface area contributed by atoms with Crippen molar-refractivity contribution < 1.29 is 4.74 Å². The number of nitrogens with zero attached hydrogens (tertiary/aromatic N) is 2. The molecule has 1 atom stereocenters. The fourth-order valence-electron chi connectivity index (χ4n) is 2.37. The summed E-state index contributed by atoms with van der Waals surface area (Å²) in [7, 11) is 0. The average molecular weight is 330 g/mol. The van der Waals surface area contributed by atoms with Crippen LogP contribution in [0, 0.1) is 6.92 Å². The zero-order chi connectivity index (χ0) is 12.7. The van der Waals surface area contributed by atoms with E-state index in [1.807, 2.05) is 23.9 Å². The third-order valence-electron chi connectivity index (χ3n) is 3.45. The smallest absolute Gasteiger partial charge is 0.150 e. The van der Waals surface area contributed by atoms with Crippen LogP contribution in [0.25, 0.3) is 10.9 Å². The monoisotopic (exact) mass is 328 g/mol. The van der Waals surface area contributed by atoms with Crippen LogP contribution in [-0.4, -0.2) is 16.4 Å². The van der Waals surface area contributed by atoms with Crippen molar-refractivity contribution in [1.82, 2.24) is 9.78 Å². The van der Waals surface area contributed by atoms with Gasteiger partial charge >= 0.3 is 0 Å². The second-order valence-electron chi connectivity index (χ2n) is 4.64. The lowest BCUT2D eigenvalue weighted by atomic mass is 10.1. The third kappa shape index (κ3) is 1.96. The predicted molar refractivity (Wildman–Crippen MR) is 76.0 cm³/mol. The van der Waals surface area contributed by atoms with Gasteiger partial charge in [0.15, 0.2) is 6.23 Å². The number of benzene rings is 1. The molecule has 0 spiro atoms. The lowest BCUT2D eigenvalue weighted by molar-refractivity contribution is -0.0366. The molecule has 2 aromatic rings. The minimum atomic E-state index is 0.0434. The van der Waals surface area contributed by atoms with Crippen molar-refractivity contribution in [1.29, 1.82) is 0 Å². The van der Waals surface area contributed by atoms with Gasteiger partial charge in [-0.05, 0) is 53.7 Å². The summed E-state index contributed by atoms with van der Waals surface area (Å²) in [4.78, 5) is 0. The highest BCUT2D eigenvalue weighted by atomic mass is 79.9. The van der Waals surface area contributed by atoms with E-state index < -0.39 is 0 Å². The molecule has 0 amide bonds. The number of hydrogen-bond acceptors (Lipinski definition) is 2. The van der Waals surface area contributed by atoms with Crippen LogP contribution in [0.4, 0.5) is 0 Å². The van der Waals surface area contributed by atoms with Gasteiger partial charge in [0.1, 0.15) is 0 Å². The normalized spacial score (nSPS) is 20.5. The molecule has 1 aromatic carbocycles. The van der Waals surface area contributed by atoms with Crippen molar-refractivity contribution in [2.45, 2.75) is 32.4 Å². The van der Waals surface area contributed by atoms with Crippen LogP contribution in [-0.2, 0) is 4.74 Å². The van der Waals surface area contributed by atoms with Crippen molar-refractivity contribution in [3.8, 4) is 0 Å². The van der Waals surface area contributed by atoms with Crippen molar-refractivity contribution in [2.24, 2.45) is 0 Å². The molecule has 3 nitrogen and oxygen atoms in total. The molecule has 1 aliphatic rings. The van der Waals surface area contributed by atoms with E-state index in [0.29, 0.717) is 0 Å². The van der Waals surface area contributed by atoms with E-state index in [0.717, 1.165) is 45.4 Å². The minimum Gasteiger partial charge on any atom is -0.356 e. The summed E-state index contributed by atoms with van der Waals surface area (Å²) in [5, 5.41) is 6.31.